The van der Waals surface area contributed by atoms with Crippen LogP contribution in [0, 0.1) is 5.82 Å². The van der Waals surface area contributed by atoms with Gasteiger partial charge in [-0.15, -0.1) is 11.6 Å². The zero-order chi connectivity index (χ0) is 10.6. The summed E-state index contributed by atoms with van der Waals surface area (Å²) in [4.78, 5) is 0. The van der Waals surface area contributed by atoms with Crippen molar-refractivity contribution in [2.24, 2.45) is 0 Å². The molecule has 0 amide bonds. The first-order valence-electron chi connectivity index (χ1n) is 3.95. The smallest absolute Gasteiger partial charge is 0.133 e. The third-order valence-electron chi connectivity index (χ3n) is 1.50. The number of aliphatic hydroxyl groups is 1. The topological polar surface area (TPSA) is 29.5 Å². The second-order valence-corrected chi connectivity index (χ2v) is 3.86. The van der Waals surface area contributed by atoms with Crippen LogP contribution in [0.15, 0.2) is 22.7 Å². The highest BCUT2D eigenvalue weighted by Gasteiger charge is 2.06. The first kappa shape index (κ1) is 11.8. The first-order valence-corrected chi connectivity index (χ1v) is 5.28. The average molecular weight is 284 g/mol. The third-order valence-corrected chi connectivity index (χ3v) is 2.48. The maximum absolute atomic E-state index is 12.7. The Labute approximate surface area is 94.8 Å². The zero-order valence-electron chi connectivity index (χ0n) is 7.21. The van der Waals surface area contributed by atoms with Crippen LogP contribution in [0.2, 0.25) is 0 Å². The number of hydrogen-bond donors (Lipinski definition) is 1. The molecular weight excluding hydrogens is 274 g/mol. The molecule has 1 unspecified atom stereocenters. The molecule has 0 aliphatic rings. The fourth-order valence-electron chi connectivity index (χ4n) is 0.823. The molecule has 1 rings (SSSR count). The highest BCUT2D eigenvalue weighted by molar-refractivity contribution is 9.10. The van der Waals surface area contributed by atoms with Gasteiger partial charge in [-0.2, -0.15) is 0 Å². The van der Waals surface area contributed by atoms with Crippen LogP contribution in [0.1, 0.15) is 0 Å². The van der Waals surface area contributed by atoms with Crippen LogP contribution in [0.3, 0.4) is 0 Å². The number of benzene rings is 1. The minimum absolute atomic E-state index is 0.0910. The van der Waals surface area contributed by atoms with Gasteiger partial charge in [-0.25, -0.2) is 4.39 Å². The molecule has 1 aromatic carbocycles. The van der Waals surface area contributed by atoms with E-state index in [9.17, 15) is 4.39 Å². The maximum atomic E-state index is 12.7. The van der Waals surface area contributed by atoms with Gasteiger partial charge in [0.1, 0.15) is 24.3 Å². The van der Waals surface area contributed by atoms with E-state index in [1.54, 1.807) is 0 Å². The predicted octanol–water partition coefficient (Wildman–Crippen LogP) is 2.57. The van der Waals surface area contributed by atoms with Crippen LogP contribution in [0.5, 0.6) is 5.75 Å². The van der Waals surface area contributed by atoms with Gasteiger partial charge in [-0.05, 0) is 34.1 Å². The number of alkyl halides is 1. The van der Waals surface area contributed by atoms with Gasteiger partial charge in [0.25, 0.3) is 0 Å². The van der Waals surface area contributed by atoms with Crippen LogP contribution >= 0.6 is 27.5 Å². The van der Waals surface area contributed by atoms with Gasteiger partial charge in [-0.3, -0.25) is 0 Å². The minimum Gasteiger partial charge on any atom is -0.490 e. The number of hydrogen-bond acceptors (Lipinski definition) is 2. The summed E-state index contributed by atoms with van der Waals surface area (Å²) in [5, 5.41) is 9.12. The standard InChI is InChI=1S/C9H9BrClFO2/c10-8-3-6(12)1-2-9(8)14-5-7(13)4-11/h1-3,7,13H,4-5H2. The van der Waals surface area contributed by atoms with Crippen molar-refractivity contribution in [3.63, 3.8) is 0 Å². The van der Waals surface area contributed by atoms with E-state index in [1.807, 2.05) is 0 Å². The molecule has 0 saturated carbocycles. The molecule has 1 atom stereocenters. The molecule has 5 heteroatoms. The van der Waals surface area contributed by atoms with E-state index >= 15 is 0 Å². The van der Waals surface area contributed by atoms with Gasteiger partial charge in [0, 0.05) is 0 Å². The fourth-order valence-corrected chi connectivity index (χ4v) is 1.38. The van der Waals surface area contributed by atoms with E-state index in [4.69, 9.17) is 21.4 Å². The number of ether oxygens (including phenoxy) is 1. The van der Waals surface area contributed by atoms with Crippen LogP contribution in [0.4, 0.5) is 4.39 Å². The molecule has 0 aliphatic carbocycles. The van der Waals surface area contributed by atoms with Crippen molar-refractivity contribution in [2.45, 2.75) is 6.10 Å². The van der Waals surface area contributed by atoms with Gasteiger partial charge in [0.05, 0.1) is 10.4 Å². The summed E-state index contributed by atoms with van der Waals surface area (Å²) in [6.07, 6.45) is -0.714. The van der Waals surface area contributed by atoms with Gasteiger partial charge in [0.2, 0.25) is 0 Å². The van der Waals surface area contributed by atoms with Gasteiger partial charge in [-0.1, -0.05) is 0 Å². The summed E-state index contributed by atoms with van der Waals surface area (Å²) in [6.45, 7) is 0.0910. The van der Waals surface area contributed by atoms with Gasteiger partial charge >= 0.3 is 0 Å². The number of aliphatic hydroxyl groups excluding tert-OH is 1. The minimum atomic E-state index is -0.714. The lowest BCUT2D eigenvalue weighted by atomic mass is 10.3. The Bertz CT molecular complexity index is 309. The Morgan fingerprint density at radius 1 is 1.57 bits per heavy atom. The van der Waals surface area contributed by atoms with Crippen LogP contribution in [-0.4, -0.2) is 23.7 Å². The third kappa shape index (κ3) is 3.44. The summed E-state index contributed by atoms with van der Waals surface area (Å²) in [5.74, 6) is 0.247. The molecule has 14 heavy (non-hydrogen) atoms. The van der Waals surface area contributed by atoms with Crippen LogP contribution < -0.4 is 4.74 Å². The lowest BCUT2D eigenvalue weighted by Crippen LogP contribution is -2.18. The second kappa shape index (κ2) is 5.53. The van der Waals surface area contributed by atoms with Crippen molar-refractivity contribution in [1.29, 1.82) is 0 Å². The zero-order valence-corrected chi connectivity index (χ0v) is 9.55. The molecule has 0 saturated heterocycles. The molecule has 0 heterocycles. The van der Waals surface area contributed by atoms with Crippen molar-refractivity contribution >= 4 is 27.5 Å². The predicted molar refractivity (Wildman–Crippen MR) is 56.3 cm³/mol. The Kier molecular flexibility index (Phi) is 4.65. The molecule has 1 N–H and O–H groups in total. The Morgan fingerprint density at radius 3 is 2.86 bits per heavy atom. The Balaban J connectivity index is 2.59. The molecular formula is C9H9BrClFO2. The Hall–Kier alpha value is -0.320. The molecule has 78 valence electrons. The van der Waals surface area contributed by atoms with E-state index < -0.39 is 6.10 Å². The summed E-state index contributed by atoms with van der Waals surface area (Å²) < 4.78 is 18.4. The SMILES string of the molecule is OC(CCl)COc1ccc(F)cc1Br. The molecule has 0 radical (unpaired) electrons. The van der Waals surface area contributed by atoms with E-state index in [2.05, 4.69) is 15.9 Å². The Morgan fingerprint density at radius 2 is 2.29 bits per heavy atom. The van der Waals surface area contributed by atoms with Gasteiger partial charge in [0.15, 0.2) is 0 Å². The van der Waals surface area contributed by atoms with Gasteiger partial charge < -0.3 is 9.84 Å². The lowest BCUT2D eigenvalue weighted by Gasteiger charge is -2.10. The van der Waals surface area contributed by atoms with E-state index in [1.165, 1.54) is 18.2 Å². The van der Waals surface area contributed by atoms with Crippen molar-refractivity contribution in [1.82, 2.24) is 0 Å². The molecule has 0 aliphatic heterocycles. The molecule has 0 fully saturated rings. The summed E-state index contributed by atoms with van der Waals surface area (Å²) in [7, 11) is 0. The molecule has 0 aromatic heterocycles. The highest BCUT2D eigenvalue weighted by Crippen LogP contribution is 2.25. The summed E-state index contributed by atoms with van der Waals surface area (Å²) >= 11 is 8.52. The van der Waals surface area contributed by atoms with E-state index in [0.717, 1.165) is 0 Å². The fraction of sp³-hybridized carbons (Fsp3) is 0.333. The quantitative estimate of drug-likeness (QED) is 0.861. The highest BCUT2D eigenvalue weighted by atomic mass is 79.9. The maximum Gasteiger partial charge on any atom is 0.133 e. The summed E-state index contributed by atoms with van der Waals surface area (Å²) in [5.41, 5.74) is 0. The molecule has 0 spiro atoms. The van der Waals surface area contributed by atoms with Crippen molar-refractivity contribution in [3.05, 3.63) is 28.5 Å². The molecule has 2 nitrogen and oxygen atoms in total. The summed E-state index contributed by atoms with van der Waals surface area (Å²) in [6, 6.07) is 4.07. The lowest BCUT2D eigenvalue weighted by molar-refractivity contribution is 0.125. The first-order chi connectivity index (χ1) is 6.63. The van der Waals surface area contributed by atoms with Crippen LogP contribution in [0.25, 0.3) is 0 Å². The largest absolute Gasteiger partial charge is 0.490 e. The monoisotopic (exact) mass is 282 g/mol. The van der Waals surface area contributed by atoms with Crippen molar-refractivity contribution in [3.8, 4) is 5.75 Å². The van der Waals surface area contributed by atoms with E-state index in [0.29, 0.717) is 10.2 Å². The molecule has 1 aromatic rings. The molecule has 0 bridgehead atoms. The average Bonchev–Trinajstić information content (AvgIpc) is 2.16. The number of rotatable bonds is 4. The normalized spacial score (nSPS) is 12.6. The van der Waals surface area contributed by atoms with E-state index in [-0.39, 0.29) is 18.3 Å². The number of halogens is 3. The van der Waals surface area contributed by atoms with Crippen molar-refractivity contribution in [2.75, 3.05) is 12.5 Å². The van der Waals surface area contributed by atoms with Crippen molar-refractivity contribution < 1.29 is 14.2 Å². The van der Waals surface area contributed by atoms with Crippen LogP contribution in [-0.2, 0) is 0 Å². The second-order valence-electron chi connectivity index (χ2n) is 2.69.